The third kappa shape index (κ3) is 3.10. The largest absolute Gasteiger partial charge is 0.301 e. The summed E-state index contributed by atoms with van der Waals surface area (Å²) >= 11 is 15.2. The predicted molar refractivity (Wildman–Crippen MR) is 103 cm³/mol. The molecule has 0 saturated heterocycles. The van der Waals surface area contributed by atoms with E-state index in [-0.39, 0.29) is 5.56 Å². The van der Waals surface area contributed by atoms with Gasteiger partial charge in [0, 0.05) is 10.6 Å². The number of aromatic nitrogens is 2. The van der Waals surface area contributed by atoms with E-state index < -0.39 is 0 Å². The Morgan fingerprint density at radius 3 is 2.88 bits per heavy atom. The van der Waals surface area contributed by atoms with Crippen molar-refractivity contribution in [3.05, 3.63) is 54.6 Å². The van der Waals surface area contributed by atoms with E-state index in [0.717, 1.165) is 35.0 Å². The minimum absolute atomic E-state index is 0.0176. The van der Waals surface area contributed by atoms with Gasteiger partial charge in [-0.15, -0.1) is 11.3 Å². The zero-order chi connectivity index (χ0) is 16.7. The first kappa shape index (κ1) is 16.5. The Morgan fingerprint density at radius 1 is 1.21 bits per heavy atom. The predicted octanol–water partition coefficient (Wildman–Crippen LogP) is 5.46. The fraction of sp³-hybridized carbons (Fsp3) is 0.294. The number of nitrogens with zero attached hydrogens (tertiary/aromatic N) is 1. The summed E-state index contributed by atoms with van der Waals surface area (Å²) in [6.07, 6.45) is 4.43. The van der Waals surface area contributed by atoms with Crippen molar-refractivity contribution in [1.29, 1.82) is 0 Å². The first-order valence-electron chi connectivity index (χ1n) is 7.73. The average Bonchev–Trinajstić information content (AvgIpc) is 2.94. The highest BCUT2D eigenvalue weighted by molar-refractivity contribution is 7.98. The summed E-state index contributed by atoms with van der Waals surface area (Å²) in [6, 6.07) is 5.56. The molecule has 1 aliphatic rings. The van der Waals surface area contributed by atoms with Crippen molar-refractivity contribution in [2.24, 2.45) is 0 Å². The quantitative estimate of drug-likeness (QED) is 0.471. The van der Waals surface area contributed by atoms with Crippen molar-refractivity contribution in [2.75, 3.05) is 0 Å². The van der Waals surface area contributed by atoms with E-state index in [4.69, 9.17) is 23.2 Å². The number of rotatable bonds is 3. The molecule has 0 saturated carbocycles. The van der Waals surface area contributed by atoms with Gasteiger partial charge in [-0.2, -0.15) is 0 Å². The number of thioether (sulfide) groups is 1. The van der Waals surface area contributed by atoms with Gasteiger partial charge in [-0.05, 0) is 48.9 Å². The molecule has 0 unspecified atom stereocenters. The normalized spacial score (nSPS) is 14.1. The molecule has 2 aromatic heterocycles. The molecular weight excluding hydrogens is 383 g/mol. The molecule has 0 fully saturated rings. The molecule has 3 aromatic rings. The fourth-order valence-corrected chi connectivity index (χ4v) is 5.44. The molecule has 0 bridgehead atoms. The molecule has 0 aliphatic heterocycles. The van der Waals surface area contributed by atoms with Crippen LogP contribution in [0, 0.1) is 0 Å². The van der Waals surface area contributed by atoms with Crippen LogP contribution in [-0.2, 0) is 18.6 Å². The molecular formula is C17H14Cl2N2OS2. The number of nitrogens with one attached hydrogen (secondary N) is 1. The Morgan fingerprint density at radius 2 is 2.04 bits per heavy atom. The number of hydrogen-bond acceptors (Lipinski definition) is 4. The van der Waals surface area contributed by atoms with Crippen LogP contribution < -0.4 is 5.56 Å². The van der Waals surface area contributed by atoms with Crippen LogP contribution in [0.5, 0.6) is 0 Å². The van der Waals surface area contributed by atoms with Crippen LogP contribution in [0.2, 0.25) is 10.0 Å². The average molecular weight is 397 g/mol. The molecule has 7 heteroatoms. The number of H-pyrrole nitrogens is 1. The number of benzene rings is 1. The van der Waals surface area contributed by atoms with Gasteiger partial charge in [0.1, 0.15) is 4.83 Å². The second kappa shape index (κ2) is 6.71. The summed E-state index contributed by atoms with van der Waals surface area (Å²) in [7, 11) is 0. The first-order valence-corrected chi connectivity index (χ1v) is 10.3. The number of halogens is 2. The van der Waals surface area contributed by atoms with Gasteiger partial charge >= 0.3 is 0 Å². The Hall–Kier alpha value is -1.01. The van der Waals surface area contributed by atoms with Crippen LogP contribution in [0.4, 0.5) is 0 Å². The monoisotopic (exact) mass is 396 g/mol. The molecule has 2 heterocycles. The van der Waals surface area contributed by atoms with Crippen molar-refractivity contribution < 1.29 is 0 Å². The highest BCUT2D eigenvalue weighted by atomic mass is 35.5. The number of fused-ring (bicyclic) bond motifs is 3. The molecule has 24 heavy (non-hydrogen) atoms. The SMILES string of the molecule is O=c1[nH]c(SCc2ccc(Cl)c(Cl)c2)nc2sc3c(c12)CCCC3. The summed E-state index contributed by atoms with van der Waals surface area (Å²) in [5, 5.41) is 2.53. The van der Waals surface area contributed by atoms with E-state index in [0.29, 0.717) is 21.0 Å². The maximum Gasteiger partial charge on any atom is 0.260 e. The fourth-order valence-electron chi connectivity index (χ4n) is 2.99. The summed E-state index contributed by atoms with van der Waals surface area (Å²) in [4.78, 5) is 22.3. The summed E-state index contributed by atoms with van der Waals surface area (Å²) in [6.45, 7) is 0. The first-order chi connectivity index (χ1) is 11.6. The van der Waals surface area contributed by atoms with Gasteiger partial charge in [0.15, 0.2) is 5.16 Å². The van der Waals surface area contributed by atoms with Gasteiger partial charge in [-0.3, -0.25) is 4.79 Å². The summed E-state index contributed by atoms with van der Waals surface area (Å²) in [5.41, 5.74) is 2.25. The van der Waals surface area contributed by atoms with E-state index in [9.17, 15) is 4.79 Å². The van der Waals surface area contributed by atoms with Crippen molar-refractivity contribution >= 4 is 56.5 Å². The van der Waals surface area contributed by atoms with E-state index in [1.807, 2.05) is 12.1 Å². The molecule has 0 spiro atoms. The highest BCUT2D eigenvalue weighted by Crippen LogP contribution is 2.34. The van der Waals surface area contributed by atoms with Gasteiger partial charge in [-0.1, -0.05) is 41.0 Å². The van der Waals surface area contributed by atoms with Crippen molar-refractivity contribution in [2.45, 2.75) is 36.6 Å². The molecule has 1 N–H and O–H groups in total. The minimum Gasteiger partial charge on any atom is -0.301 e. The second-order valence-electron chi connectivity index (χ2n) is 5.80. The molecule has 0 atom stereocenters. The lowest BCUT2D eigenvalue weighted by atomic mass is 9.97. The van der Waals surface area contributed by atoms with Gasteiger partial charge < -0.3 is 4.98 Å². The van der Waals surface area contributed by atoms with Crippen molar-refractivity contribution in [3.63, 3.8) is 0 Å². The summed E-state index contributed by atoms with van der Waals surface area (Å²) < 4.78 is 0. The molecule has 0 radical (unpaired) electrons. The lowest BCUT2D eigenvalue weighted by Crippen LogP contribution is -2.10. The zero-order valence-electron chi connectivity index (χ0n) is 12.7. The Balaban J connectivity index is 1.63. The van der Waals surface area contributed by atoms with Gasteiger partial charge in [0.2, 0.25) is 0 Å². The van der Waals surface area contributed by atoms with Crippen molar-refractivity contribution in [1.82, 2.24) is 9.97 Å². The number of aryl methyl sites for hydroxylation is 2. The Bertz CT molecular complexity index is 981. The van der Waals surface area contributed by atoms with E-state index in [2.05, 4.69) is 9.97 Å². The molecule has 3 nitrogen and oxygen atoms in total. The van der Waals surface area contributed by atoms with E-state index >= 15 is 0 Å². The molecule has 124 valence electrons. The summed E-state index contributed by atoms with van der Waals surface area (Å²) in [5.74, 6) is 0.677. The molecule has 1 aliphatic carbocycles. The van der Waals surface area contributed by atoms with Gasteiger partial charge in [0.25, 0.3) is 5.56 Å². The van der Waals surface area contributed by atoms with Crippen LogP contribution >= 0.6 is 46.3 Å². The molecule has 4 rings (SSSR count). The Kier molecular flexibility index (Phi) is 4.60. The second-order valence-corrected chi connectivity index (χ2v) is 8.66. The molecule has 1 aromatic carbocycles. The van der Waals surface area contributed by atoms with Crippen LogP contribution in [0.25, 0.3) is 10.2 Å². The van der Waals surface area contributed by atoms with Crippen molar-refractivity contribution in [3.8, 4) is 0 Å². The third-order valence-corrected chi connectivity index (χ3v) is 7.03. The molecule has 0 amide bonds. The maximum atomic E-state index is 12.5. The van der Waals surface area contributed by atoms with Crippen LogP contribution in [0.1, 0.15) is 28.8 Å². The smallest absolute Gasteiger partial charge is 0.260 e. The van der Waals surface area contributed by atoms with Gasteiger partial charge in [-0.25, -0.2) is 4.98 Å². The lowest BCUT2D eigenvalue weighted by molar-refractivity contribution is 0.700. The number of aromatic amines is 1. The third-order valence-electron chi connectivity index (χ3n) is 4.16. The Labute approximate surface area is 157 Å². The standard InChI is InChI=1S/C17H14Cl2N2OS2/c18-11-6-5-9(7-12(11)19)8-23-17-20-15(22)14-10-3-1-2-4-13(10)24-16(14)21-17/h5-7H,1-4,8H2,(H,20,21,22). The minimum atomic E-state index is -0.0176. The highest BCUT2D eigenvalue weighted by Gasteiger charge is 2.19. The van der Waals surface area contributed by atoms with Crippen LogP contribution in [0.15, 0.2) is 28.2 Å². The zero-order valence-corrected chi connectivity index (χ0v) is 15.8. The van der Waals surface area contributed by atoms with E-state index in [1.54, 1.807) is 17.4 Å². The maximum absolute atomic E-state index is 12.5. The van der Waals surface area contributed by atoms with Crippen LogP contribution in [-0.4, -0.2) is 9.97 Å². The number of hydrogen-bond donors (Lipinski definition) is 1. The van der Waals surface area contributed by atoms with E-state index in [1.165, 1.54) is 28.6 Å². The number of thiophene rings is 1. The lowest BCUT2D eigenvalue weighted by Gasteiger charge is -2.09. The van der Waals surface area contributed by atoms with Crippen LogP contribution in [0.3, 0.4) is 0 Å². The van der Waals surface area contributed by atoms with Gasteiger partial charge in [0.05, 0.1) is 15.4 Å². The topological polar surface area (TPSA) is 45.8 Å².